The molecule has 1 saturated heterocycles. The molecule has 7 rings (SSSR count). The number of carbonyl (C=O) groups is 4. The van der Waals surface area contributed by atoms with E-state index in [2.05, 4.69) is 20.3 Å². The Morgan fingerprint density at radius 3 is 2.52 bits per heavy atom. The van der Waals surface area contributed by atoms with Crippen molar-refractivity contribution in [2.75, 3.05) is 6.54 Å². The van der Waals surface area contributed by atoms with Crippen LogP contribution in [0.15, 0.2) is 30.4 Å². The number of benzene rings is 1. The zero-order valence-electron chi connectivity index (χ0n) is 32.5. The molecule has 4 heterocycles. The van der Waals surface area contributed by atoms with Crippen LogP contribution in [0.4, 0.5) is 13.6 Å². The van der Waals surface area contributed by atoms with Crippen LogP contribution >= 0.6 is 0 Å². The minimum atomic E-state index is -4.06. The molecule has 13 nitrogen and oxygen atoms in total. The third-order valence-electron chi connectivity index (χ3n) is 12.1. The number of alkyl halides is 1. The number of hydrogen-bond acceptors (Lipinski definition) is 9. The van der Waals surface area contributed by atoms with E-state index in [9.17, 15) is 32.0 Å². The van der Waals surface area contributed by atoms with E-state index in [1.54, 1.807) is 34.6 Å². The van der Waals surface area contributed by atoms with Gasteiger partial charge in [0, 0.05) is 35.8 Å². The molecule has 16 heteroatoms. The Morgan fingerprint density at radius 1 is 1.09 bits per heavy atom. The number of fused-ring (bicyclic) bond motifs is 5. The third-order valence-corrected chi connectivity index (χ3v) is 14.2. The van der Waals surface area contributed by atoms with Crippen LogP contribution < -0.4 is 20.1 Å². The van der Waals surface area contributed by atoms with E-state index in [-0.39, 0.29) is 49.1 Å². The number of sulfonamides is 1. The van der Waals surface area contributed by atoms with Crippen LogP contribution in [0.3, 0.4) is 0 Å². The third kappa shape index (κ3) is 7.45. The highest BCUT2D eigenvalue weighted by Gasteiger charge is 2.60. The Morgan fingerprint density at radius 2 is 1.84 bits per heavy atom. The number of halogens is 2. The summed E-state index contributed by atoms with van der Waals surface area (Å²) in [4.78, 5) is 62.4. The molecular formula is C40H51F2N5O8S. The van der Waals surface area contributed by atoms with Gasteiger partial charge in [0.2, 0.25) is 21.8 Å². The highest BCUT2D eigenvalue weighted by Crippen LogP contribution is 2.51. The maximum atomic E-state index is 16.6. The quantitative estimate of drug-likeness (QED) is 0.338. The molecule has 2 aliphatic carbocycles. The largest absolute Gasteiger partial charge is 0.483 e. The number of nitrogens with one attached hydrogen (secondary N) is 3. The number of pyridine rings is 1. The number of allylic oxidation sites excluding steroid dienone is 1. The lowest BCUT2D eigenvalue weighted by molar-refractivity contribution is -0.144. The van der Waals surface area contributed by atoms with Gasteiger partial charge in [-0.2, -0.15) is 0 Å². The van der Waals surface area contributed by atoms with E-state index in [1.165, 1.54) is 23.1 Å². The van der Waals surface area contributed by atoms with Crippen LogP contribution in [0.1, 0.15) is 116 Å². The second kappa shape index (κ2) is 14.2. The summed E-state index contributed by atoms with van der Waals surface area (Å²) in [5.41, 5.74) is -3.17. The standard InChI is InChI=1S/C40H51F2N5O8S/c1-23-32-31(26-14-13-25(41)19-29(26)43-23)27(42)20-39(54-32)21-30-33(48)45-40(35(50)46-56(52,53)38(5)17-18-38)16-15-24(40)11-9-7-6-8-10-12-28(34(49)47(30)22-39)44-36(51)55-37(2,3)4/h9,11,13-14,19,24,27-28,30H,6-8,10,12,15-18,20-22H2,1-5H3,(H,44,51)(H,45,48)(H,46,50). The van der Waals surface area contributed by atoms with Gasteiger partial charge >= 0.3 is 6.09 Å². The van der Waals surface area contributed by atoms with Crippen molar-refractivity contribution in [2.24, 2.45) is 5.92 Å². The van der Waals surface area contributed by atoms with Crippen LogP contribution in [0.25, 0.3) is 10.9 Å². The minimum absolute atomic E-state index is 0.140. The van der Waals surface area contributed by atoms with Gasteiger partial charge < -0.3 is 25.0 Å². The summed E-state index contributed by atoms with van der Waals surface area (Å²) in [5, 5.41) is 5.98. The molecular weight excluding hydrogens is 749 g/mol. The maximum Gasteiger partial charge on any atom is 0.408 e. The summed E-state index contributed by atoms with van der Waals surface area (Å²) in [6, 6.07) is 1.46. The molecule has 304 valence electrons. The zero-order chi connectivity index (χ0) is 40.4. The van der Waals surface area contributed by atoms with Gasteiger partial charge in [-0.25, -0.2) is 27.0 Å². The first-order valence-corrected chi connectivity index (χ1v) is 21.0. The topological polar surface area (TPSA) is 173 Å². The molecule has 0 radical (unpaired) electrons. The lowest BCUT2D eigenvalue weighted by Crippen LogP contribution is -2.70. The maximum absolute atomic E-state index is 16.6. The van der Waals surface area contributed by atoms with Crippen LogP contribution in [-0.4, -0.2) is 82.2 Å². The predicted molar refractivity (Wildman–Crippen MR) is 202 cm³/mol. The molecule has 2 saturated carbocycles. The van der Waals surface area contributed by atoms with E-state index in [0.717, 1.165) is 6.42 Å². The van der Waals surface area contributed by atoms with Crippen molar-refractivity contribution in [3.8, 4) is 5.75 Å². The lowest BCUT2D eigenvalue weighted by Gasteiger charge is -2.48. The van der Waals surface area contributed by atoms with Crippen LogP contribution in [0, 0.1) is 18.7 Å². The zero-order valence-corrected chi connectivity index (χ0v) is 33.3. The first-order valence-electron chi connectivity index (χ1n) is 19.5. The molecule has 1 aromatic heterocycles. The highest BCUT2D eigenvalue weighted by molar-refractivity contribution is 7.91. The SMILES string of the molecule is Cc1nc2cc(F)ccc2c2c1OC1(CC2F)CC2C(=O)NC3(C(=O)NS(=O)(=O)C4(C)CC4)CCC3C=CCCCCCC(NC(=O)OC(C)(C)C)C(=O)N2C1. The Bertz CT molecular complexity index is 2100. The monoisotopic (exact) mass is 799 g/mol. The Hall–Kier alpha value is -4.34. The Balaban J connectivity index is 1.27. The predicted octanol–water partition coefficient (Wildman–Crippen LogP) is 5.49. The van der Waals surface area contributed by atoms with Gasteiger partial charge in [0.05, 0.1) is 22.5 Å². The Kier molecular flexibility index (Phi) is 10.1. The van der Waals surface area contributed by atoms with Crippen molar-refractivity contribution < 1.29 is 45.9 Å². The number of amides is 4. The number of aryl methyl sites for hydroxylation is 1. The van der Waals surface area contributed by atoms with E-state index in [0.29, 0.717) is 49.6 Å². The number of aromatic nitrogens is 1. The van der Waals surface area contributed by atoms with Crippen molar-refractivity contribution in [3.63, 3.8) is 0 Å². The summed E-state index contributed by atoms with van der Waals surface area (Å²) in [7, 11) is -4.06. The fraction of sp³-hybridized carbons (Fsp3) is 0.625. The van der Waals surface area contributed by atoms with Crippen molar-refractivity contribution >= 4 is 44.7 Å². The molecule has 5 aliphatic rings. The van der Waals surface area contributed by atoms with E-state index >= 15 is 4.39 Å². The molecule has 3 fully saturated rings. The second-order valence-corrected chi connectivity index (χ2v) is 19.7. The summed E-state index contributed by atoms with van der Waals surface area (Å²) < 4.78 is 70.7. The van der Waals surface area contributed by atoms with Gasteiger partial charge in [0.15, 0.2) is 0 Å². The molecule has 6 unspecified atom stereocenters. The van der Waals surface area contributed by atoms with Gasteiger partial charge in [0.1, 0.15) is 46.6 Å². The van der Waals surface area contributed by atoms with E-state index in [4.69, 9.17) is 9.47 Å². The number of nitrogens with zero attached hydrogens (tertiary/aromatic N) is 2. The van der Waals surface area contributed by atoms with Gasteiger partial charge in [-0.15, -0.1) is 0 Å². The molecule has 0 bridgehead atoms. The van der Waals surface area contributed by atoms with E-state index < -0.39 is 85.3 Å². The summed E-state index contributed by atoms with van der Waals surface area (Å²) in [5.74, 6) is -3.11. The molecule has 3 aliphatic heterocycles. The van der Waals surface area contributed by atoms with E-state index in [1.807, 2.05) is 12.2 Å². The minimum Gasteiger partial charge on any atom is -0.483 e. The van der Waals surface area contributed by atoms with Gasteiger partial charge in [-0.1, -0.05) is 25.0 Å². The normalized spacial score (nSPS) is 30.4. The number of hydrogen-bond donors (Lipinski definition) is 3. The first-order chi connectivity index (χ1) is 26.3. The van der Waals surface area contributed by atoms with Gasteiger partial charge in [-0.3, -0.25) is 19.1 Å². The van der Waals surface area contributed by atoms with Gasteiger partial charge in [0.25, 0.3) is 5.91 Å². The highest BCUT2D eigenvalue weighted by atomic mass is 32.2. The Labute approximate surface area is 325 Å². The van der Waals surface area contributed by atoms with Crippen molar-refractivity contribution in [1.82, 2.24) is 25.2 Å². The van der Waals surface area contributed by atoms with Crippen LogP contribution in [0.5, 0.6) is 5.75 Å². The average molecular weight is 800 g/mol. The van der Waals surface area contributed by atoms with Crippen LogP contribution in [-0.2, 0) is 29.1 Å². The van der Waals surface area contributed by atoms with Gasteiger partial charge in [-0.05, 0) is 91.7 Å². The number of ether oxygens (including phenoxy) is 2. The van der Waals surface area contributed by atoms with Crippen molar-refractivity contribution in [3.05, 3.63) is 47.4 Å². The molecule has 2 aromatic rings. The van der Waals surface area contributed by atoms with Crippen LogP contribution in [0.2, 0.25) is 0 Å². The molecule has 56 heavy (non-hydrogen) atoms. The fourth-order valence-electron chi connectivity index (χ4n) is 8.53. The fourth-order valence-corrected chi connectivity index (χ4v) is 9.84. The lowest BCUT2D eigenvalue weighted by atomic mass is 9.65. The molecule has 6 atom stereocenters. The molecule has 3 N–H and O–H groups in total. The molecule has 4 amide bonds. The summed E-state index contributed by atoms with van der Waals surface area (Å²) in [6.07, 6.45) is 5.20. The first kappa shape index (κ1) is 39.9. The van der Waals surface area contributed by atoms with Crippen molar-refractivity contribution in [2.45, 2.75) is 145 Å². The number of alkyl carbamates (subject to hydrolysis) is 1. The molecule has 1 spiro atoms. The second-order valence-electron chi connectivity index (χ2n) is 17.5. The summed E-state index contributed by atoms with van der Waals surface area (Å²) in [6.45, 7) is 8.02. The summed E-state index contributed by atoms with van der Waals surface area (Å²) >= 11 is 0. The smallest absolute Gasteiger partial charge is 0.408 e. The molecule has 1 aromatic carbocycles. The average Bonchev–Trinajstić information content (AvgIpc) is 3.76. The number of rotatable bonds is 4. The van der Waals surface area contributed by atoms with Crippen molar-refractivity contribution in [1.29, 1.82) is 0 Å². The number of carbonyl (C=O) groups excluding carboxylic acids is 4.